The van der Waals surface area contributed by atoms with Gasteiger partial charge < -0.3 is 14.6 Å². The van der Waals surface area contributed by atoms with Gasteiger partial charge in [0.25, 0.3) is 0 Å². The Morgan fingerprint density at radius 2 is 2.04 bits per heavy atom. The van der Waals surface area contributed by atoms with Crippen molar-refractivity contribution in [3.63, 3.8) is 0 Å². The zero-order chi connectivity index (χ0) is 20.6. The zero-order valence-corrected chi connectivity index (χ0v) is 16.6. The van der Waals surface area contributed by atoms with Crippen LogP contribution in [0.25, 0.3) is 0 Å². The highest BCUT2D eigenvalue weighted by Gasteiger charge is 2.29. The molecule has 0 atom stereocenters. The Labute approximate surface area is 166 Å². The highest BCUT2D eigenvalue weighted by Crippen LogP contribution is 2.33. The number of benzene rings is 1. The van der Waals surface area contributed by atoms with Crippen LogP contribution in [0.1, 0.15) is 51.0 Å². The first-order chi connectivity index (χ1) is 13.2. The molecule has 0 unspecified atom stereocenters. The van der Waals surface area contributed by atoms with Crippen LogP contribution in [0.4, 0.5) is 10.1 Å². The number of anilines is 1. The number of H-pyrrole nitrogens is 1. The molecule has 0 bridgehead atoms. The number of aryl methyl sites for hydroxylation is 1. The van der Waals surface area contributed by atoms with E-state index in [2.05, 4.69) is 4.98 Å². The third-order valence-corrected chi connectivity index (χ3v) is 5.12. The number of nitrogens with zero attached hydrogens (tertiary/aromatic N) is 1. The van der Waals surface area contributed by atoms with Gasteiger partial charge >= 0.3 is 5.97 Å². The SMILES string of the molecule is COC(=O)c1c(CC(=O)N2CCCc3cc(Cl)cc(F)c32)[nH]c(C(C)=O)c1C. The number of amides is 1. The van der Waals surface area contributed by atoms with Crippen LogP contribution in [0.3, 0.4) is 0 Å². The molecule has 148 valence electrons. The predicted molar refractivity (Wildman–Crippen MR) is 103 cm³/mol. The fourth-order valence-corrected chi connectivity index (χ4v) is 3.90. The number of aromatic amines is 1. The van der Waals surface area contributed by atoms with Crippen molar-refractivity contribution in [2.24, 2.45) is 0 Å². The summed E-state index contributed by atoms with van der Waals surface area (Å²) in [6.45, 7) is 3.34. The van der Waals surface area contributed by atoms with Gasteiger partial charge in [0, 0.05) is 24.2 Å². The number of carbonyl (C=O) groups excluding carboxylic acids is 3. The van der Waals surface area contributed by atoms with Gasteiger partial charge in [-0.3, -0.25) is 9.59 Å². The van der Waals surface area contributed by atoms with Crippen LogP contribution in [-0.2, 0) is 22.4 Å². The number of ketones is 1. The summed E-state index contributed by atoms with van der Waals surface area (Å²) in [6, 6.07) is 2.84. The first-order valence-corrected chi connectivity index (χ1v) is 9.21. The van der Waals surface area contributed by atoms with E-state index >= 15 is 0 Å². The topological polar surface area (TPSA) is 79.5 Å². The van der Waals surface area contributed by atoms with Gasteiger partial charge in [-0.2, -0.15) is 0 Å². The van der Waals surface area contributed by atoms with Gasteiger partial charge in [0.2, 0.25) is 5.91 Å². The number of carbonyl (C=O) groups is 3. The molecular weight excluding hydrogens is 387 g/mol. The lowest BCUT2D eigenvalue weighted by molar-refractivity contribution is -0.118. The fourth-order valence-electron chi connectivity index (χ4n) is 3.67. The monoisotopic (exact) mass is 406 g/mol. The Bertz CT molecular complexity index is 983. The summed E-state index contributed by atoms with van der Waals surface area (Å²) in [5, 5.41) is 0.282. The first-order valence-electron chi connectivity index (χ1n) is 8.83. The van der Waals surface area contributed by atoms with Gasteiger partial charge in [-0.05, 0) is 43.0 Å². The molecule has 3 rings (SSSR count). The molecular formula is C20H20ClFN2O4. The predicted octanol–water partition coefficient (Wildman–Crippen LogP) is 3.63. The third kappa shape index (κ3) is 3.54. The number of halogens is 2. The normalized spacial score (nSPS) is 13.2. The van der Waals surface area contributed by atoms with Crippen molar-refractivity contribution >= 4 is 34.9 Å². The van der Waals surface area contributed by atoms with E-state index in [1.807, 2.05) is 0 Å². The largest absolute Gasteiger partial charge is 0.465 e. The van der Waals surface area contributed by atoms with E-state index in [9.17, 15) is 18.8 Å². The molecule has 28 heavy (non-hydrogen) atoms. The number of fused-ring (bicyclic) bond motifs is 1. The van der Waals surface area contributed by atoms with E-state index in [4.69, 9.17) is 16.3 Å². The average molecular weight is 407 g/mol. The molecule has 8 heteroatoms. The second kappa shape index (κ2) is 7.75. The van der Waals surface area contributed by atoms with Crippen molar-refractivity contribution in [1.29, 1.82) is 0 Å². The minimum Gasteiger partial charge on any atom is -0.465 e. The lowest BCUT2D eigenvalue weighted by atomic mass is 10.00. The summed E-state index contributed by atoms with van der Waals surface area (Å²) < 4.78 is 19.3. The fraction of sp³-hybridized carbons (Fsp3) is 0.350. The van der Waals surface area contributed by atoms with Gasteiger partial charge in [0.15, 0.2) is 5.78 Å². The summed E-state index contributed by atoms with van der Waals surface area (Å²) in [6.07, 6.45) is 1.10. The van der Waals surface area contributed by atoms with Gasteiger partial charge in [0.05, 0.1) is 30.5 Å². The molecule has 1 amide bonds. The van der Waals surface area contributed by atoms with Crippen molar-refractivity contribution in [1.82, 2.24) is 4.98 Å². The average Bonchev–Trinajstić information content (AvgIpc) is 2.96. The quantitative estimate of drug-likeness (QED) is 0.621. The summed E-state index contributed by atoms with van der Waals surface area (Å²) in [5.41, 5.74) is 2.01. The van der Waals surface area contributed by atoms with Gasteiger partial charge in [-0.15, -0.1) is 0 Å². The summed E-state index contributed by atoms with van der Waals surface area (Å²) in [5.74, 6) is -1.84. The minimum absolute atomic E-state index is 0.162. The van der Waals surface area contributed by atoms with Crippen LogP contribution in [0.15, 0.2) is 12.1 Å². The number of rotatable bonds is 4. The number of hydrogen-bond acceptors (Lipinski definition) is 4. The molecule has 0 spiro atoms. The molecule has 2 aromatic rings. The summed E-state index contributed by atoms with van der Waals surface area (Å²) in [7, 11) is 1.23. The van der Waals surface area contributed by atoms with E-state index in [-0.39, 0.29) is 45.8 Å². The number of ether oxygens (including phenoxy) is 1. The van der Waals surface area contributed by atoms with Crippen LogP contribution in [-0.4, -0.2) is 36.3 Å². The third-order valence-electron chi connectivity index (χ3n) is 4.90. The Hall–Kier alpha value is -2.67. The van der Waals surface area contributed by atoms with Gasteiger partial charge in [0.1, 0.15) is 5.82 Å². The molecule has 0 aliphatic carbocycles. The maximum atomic E-state index is 14.5. The Morgan fingerprint density at radius 1 is 1.32 bits per heavy atom. The highest BCUT2D eigenvalue weighted by molar-refractivity contribution is 6.30. The van der Waals surface area contributed by atoms with E-state index in [1.165, 1.54) is 25.0 Å². The lowest BCUT2D eigenvalue weighted by Gasteiger charge is -2.30. The molecule has 0 radical (unpaired) electrons. The number of Topliss-reactive ketones (excluding diaryl/α,β-unsaturated/α-hetero) is 1. The maximum Gasteiger partial charge on any atom is 0.339 e. The van der Waals surface area contributed by atoms with E-state index in [0.29, 0.717) is 30.5 Å². The Morgan fingerprint density at radius 3 is 2.68 bits per heavy atom. The summed E-state index contributed by atoms with van der Waals surface area (Å²) in [4.78, 5) is 41.2. The van der Waals surface area contributed by atoms with E-state index in [0.717, 1.165) is 0 Å². The highest BCUT2D eigenvalue weighted by atomic mass is 35.5. The Balaban J connectivity index is 1.98. The van der Waals surface area contributed by atoms with Crippen molar-refractivity contribution in [3.05, 3.63) is 51.1 Å². The van der Waals surface area contributed by atoms with Crippen molar-refractivity contribution < 1.29 is 23.5 Å². The number of esters is 1. The van der Waals surface area contributed by atoms with Crippen LogP contribution in [0.5, 0.6) is 0 Å². The lowest BCUT2D eigenvalue weighted by Crippen LogP contribution is -2.37. The minimum atomic E-state index is -0.638. The maximum absolute atomic E-state index is 14.5. The molecule has 1 aromatic heterocycles. The number of methoxy groups -OCH3 is 1. The molecule has 1 aromatic carbocycles. The Kier molecular flexibility index (Phi) is 5.56. The number of hydrogen-bond donors (Lipinski definition) is 1. The van der Waals surface area contributed by atoms with Crippen molar-refractivity contribution in [2.75, 3.05) is 18.6 Å². The van der Waals surface area contributed by atoms with E-state index in [1.54, 1.807) is 13.0 Å². The number of aromatic nitrogens is 1. The van der Waals surface area contributed by atoms with Crippen molar-refractivity contribution in [3.8, 4) is 0 Å². The second-order valence-corrected chi connectivity index (χ2v) is 7.18. The van der Waals surface area contributed by atoms with Crippen molar-refractivity contribution in [2.45, 2.75) is 33.1 Å². The molecule has 0 fully saturated rings. The van der Waals surface area contributed by atoms with Gasteiger partial charge in [-0.1, -0.05) is 11.6 Å². The number of nitrogens with one attached hydrogen (secondary N) is 1. The molecule has 6 nitrogen and oxygen atoms in total. The van der Waals surface area contributed by atoms with E-state index < -0.39 is 11.8 Å². The first kappa shape index (κ1) is 20.1. The molecule has 1 aliphatic rings. The molecule has 1 aliphatic heterocycles. The molecule has 0 saturated carbocycles. The van der Waals surface area contributed by atoms with Crippen LogP contribution >= 0.6 is 11.6 Å². The van der Waals surface area contributed by atoms with Gasteiger partial charge in [-0.25, -0.2) is 9.18 Å². The van der Waals surface area contributed by atoms with Crippen LogP contribution in [0.2, 0.25) is 5.02 Å². The standard InChI is InChI=1S/C20H20ClFN2O4/c1-10-17(20(27)28-3)15(23-18(10)11(2)25)9-16(26)24-6-4-5-12-7-13(21)8-14(22)19(12)24/h7-8,23H,4-6,9H2,1-3H3. The smallest absolute Gasteiger partial charge is 0.339 e. The second-order valence-electron chi connectivity index (χ2n) is 6.75. The van der Waals surface area contributed by atoms with Crippen LogP contribution in [0, 0.1) is 12.7 Å². The summed E-state index contributed by atoms with van der Waals surface area (Å²) >= 11 is 5.93. The molecule has 1 N–H and O–H groups in total. The molecule has 2 heterocycles. The zero-order valence-electron chi connectivity index (χ0n) is 15.8. The molecule has 0 saturated heterocycles. The van der Waals surface area contributed by atoms with Crippen LogP contribution < -0.4 is 4.90 Å².